The van der Waals surface area contributed by atoms with Crippen molar-refractivity contribution in [3.63, 3.8) is 0 Å². The molecule has 0 spiro atoms. The van der Waals surface area contributed by atoms with Crippen molar-refractivity contribution in [1.29, 1.82) is 0 Å². The van der Waals surface area contributed by atoms with Crippen LogP contribution in [-0.4, -0.2) is 15.0 Å². The molecule has 0 aliphatic rings. The normalized spacial score (nSPS) is 17.0. The first-order chi connectivity index (χ1) is 26.9. The van der Waals surface area contributed by atoms with Gasteiger partial charge in [-0.2, -0.15) is 0 Å². The smallest absolute Gasteiger partial charge is 0.196 e. The first-order valence-corrected chi connectivity index (χ1v) is 14.9. The fourth-order valence-electron chi connectivity index (χ4n) is 4.59. The standard InChI is InChI=1S/C29H33N2O.C13H12N.Ir/c1-19-18-30-24(15-22(19)16-28(2,3)4)21-11-8-10-20(14-21)23-12-9-13-25-27(23)31-26(32-25)17-29(5,6)7;1-10-3-6-12(7-4-10)13-8-5-11(2)9-14-13;/h8-10,12-15,18H,16-17H2,1-7H3;3-6,8-9H,1-2H3;/q2*-1;/i1D3,16D2,17D2;1D3,2D3;. The molecule has 245 valence electrons. The molecular formula is C42H45IrN3O-2. The van der Waals surface area contributed by atoms with Crippen molar-refractivity contribution in [3.05, 3.63) is 125 Å². The molecule has 0 aliphatic heterocycles. The van der Waals surface area contributed by atoms with Gasteiger partial charge in [0.05, 0.1) is 0 Å². The zero-order valence-corrected chi connectivity index (χ0v) is 29.6. The van der Waals surface area contributed by atoms with E-state index in [1.807, 2.05) is 24.3 Å². The van der Waals surface area contributed by atoms with Gasteiger partial charge in [0.25, 0.3) is 0 Å². The molecule has 3 aromatic carbocycles. The van der Waals surface area contributed by atoms with E-state index < -0.39 is 44.1 Å². The number of fused-ring (bicyclic) bond motifs is 1. The number of hydrogen-bond donors (Lipinski definition) is 0. The molecule has 6 aromatic rings. The molecule has 1 radical (unpaired) electrons. The van der Waals surface area contributed by atoms with Gasteiger partial charge >= 0.3 is 0 Å². The Hall–Kier alpha value is -3.92. The first-order valence-electron chi connectivity index (χ1n) is 21.4. The maximum atomic E-state index is 8.79. The Morgan fingerprint density at radius 1 is 0.766 bits per heavy atom. The van der Waals surface area contributed by atoms with Crippen LogP contribution in [0.4, 0.5) is 0 Å². The first kappa shape index (κ1) is 21.9. The van der Waals surface area contributed by atoms with Crippen molar-refractivity contribution in [2.24, 2.45) is 10.8 Å². The summed E-state index contributed by atoms with van der Waals surface area (Å²) in [6, 6.07) is 25.9. The van der Waals surface area contributed by atoms with Crippen molar-refractivity contribution < 1.29 is 42.3 Å². The zero-order chi connectivity index (χ0) is 44.1. The molecule has 0 bridgehead atoms. The maximum Gasteiger partial charge on any atom is 0.196 e. The summed E-state index contributed by atoms with van der Waals surface area (Å²) in [5, 5.41) is 0. The molecule has 0 amide bonds. The second-order valence-electron chi connectivity index (χ2n) is 13.0. The Balaban J connectivity index is 0.000000318. The van der Waals surface area contributed by atoms with Crippen LogP contribution in [0.25, 0.3) is 44.7 Å². The molecule has 5 heteroatoms. The van der Waals surface area contributed by atoms with Gasteiger partial charge in [-0.1, -0.05) is 89.9 Å². The van der Waals surface area contributed by atoms with Gasteiger partial charge in [-0.25, -0.2) is 4.98 Å². The number of oxazole rings is 1. The largest absolute Gasteiger partial charge is 0.441 e. The summed E-state index contributed by atoms with van der Waals surface area (Å²) in [6.45, 7) is 3.72. The number of rotatable bonds is 5. The van der Waals surface area contributed by atoms with Crippen molar-refractivity contribution >= 4 is 11.1 Å². The molecule has 0 atom stereocenters. The van der Waals surface area contributed by atoms with E-state index in [1.165, 1.54) is 36.7 Å². The summed E-state index contributed by atoms with van der Waals surface area (Å²) in [4.78, 5) is 13.0. The molecular weight excluding hydrogens is 755 g/mol. The van der Waals surface area contributed by atoms with Crippen molar-refractivity contribution in [2.75, 3.05) is 0 Å². The van der Waals surface area contributed by atoms with Crippen LogP contribution in [0.3, 0.4) is 0 Å². The summed E-state index contributed by atoms with van der Waals surface area (Å²) in [5.41, 5.74) is 3.33. The molecule has 0 fully saturated rings. The van der Waals surface area contributed by atoms with Crippen LogP contribution < -0.4 is 0 Å². The van der Waals surface area contributed by atoms with E-state index in [0.717, 1.165) is 11.1 Å². The molecule has 3 heterocycles. The predicted octanol–water partition coefficient (Wildman–Crippen LogP) is 11.0. The average molecular weight is 813 g/mol. The maximum absolute atomic E-state index is 8.79. The van der Waals surface area contributed by atoms with Crippen LogP contribution in [0, 0.1) is 43.5 Å². The van der Waals surface area contributed by atoms with Gasteiger partial charge < -0.3 is 14.4 Å². The summed E-state index contributed by atoms with van der Waals surface area (Å²) in [6.07, 6.45) is -1.20. The minimum atomic E-state index is -2.52. The molecule has 3 aromatic heterocycles. The van der Waals surface area contributed by atoms with E-state index in [1.54, 1.807) is 65.8 Å². The van der Waals surface area contributed by atoms with Gasteiger partial charge in [0.1, 0.15) is 5.52 Å². The van der Waals surface area contributed by atoms with E-state index in [0.29, 0.717) is 33.6 Å². The summed E-state index contributed by atoms with van der Waals surface area (Å²) in [5.74, 6) is 0.0103. The number of aromatic nitrogens is 3. The fourth-order valence-corrected chi connectivity index (χ4v) is 4.59. The fraction of sp³-hybridized carbons (Fsp3) is 0.310. The Bertz CT molecular complexity index is 2370. The van der Waals surface area contributed by atoms with Crippen LogP contribution >= 0.6 is 0 Å². The Labute approximate surface area is 312 Å². The summed E-state index contributed by atoms with van der Waals surface area (Å²) < 4.78 is 108. The topological polar surface area (TPSA) is 51.8 Å². The Morgan fingerprint density at radius 2 is 1.53 bits per heavy atom. The number of benzene rings is 3. The van der Waals surface area contributed by atoms with Crippen LogP contribution in [0.15, 0.2) is 89.6 Å². The van der Waals surface area contributed by atoms with E-state index in [2.05, 4.69) is 27.1 Å². The van der Waals surface area contributed by atoms with E-state index in [9.17, 15) is 0 Å². The van der Waals surface area contributed by atoms with E-state index in [-0.39, 0.29) is 48.2 Å². The minimum Gasteiger partial charge on any atom is -0.441 e. The van der Waals surface area contributed by atoms with Gasteiger partial charge in [0.2, 0.25) is 0 Å². The molecule has 0 N–H and O–H groups in total. The third-order valence-electron chi connectivity index (χ3n) is 6.56. The van der Waals surface area contributed by atoms with Gasteiger partial charge in [-0.05, 0) is 65.1 Å². The minimum absolute atomic E-state index is 0. The molecule has 0 saturated carbocycles. The number of hydrogen-bond acceptors (Lipinski definition) is 4. The number of pyridine rings is 2. The van der Waals surface area contributed by atoms with Crippen LogP contribution in [0.1, 0.15) is 87.5 Å². The Morgan fingerprint density at radius 3 is 2.19 bits per heavy atom. The molecule has 0 aliphatic carbocycles. The van der Waals surface area contributed by atoms with Crippen LogP contribution in [-0.2, 0) is 32.9 Å². The average Bonchev–Trinajstić information content (AvgIpc) is 3.59. The number of para-hydroxylation sites is 1. The van der Waals surface area contributed by atoms with Crippen molar-refractivity contribution in [2.45, 2.75) is 74.8 Å². The monoisotopic (exact) mass is 813 g/mol. The number of aryl methyl sites for hydroxylation is 3. The summed E-state index contributed by atoms with van der Waals surface area (Å²) >= 11 is 0. The van der Waals surface area contributed by atoms with E-state index in [4.69, 9.17) is 22.2 Å². The SMILES string of the molecule is [2H]C([2H])([2H])c1c[c-]c(-c2ccc(C([2H])([2H])[2H])cn2)cc1.[2H]C([2H])([2H])c1cnc(-c2[c-]ccc(-c3cccc4oc(C([2H])([2H])C(C)(C)C)nc34)c2)cc1C([2H])([2H])C(C)(C)C.[Ir]. The third kappa shape index (κ3) is 9.79. The third-order valence-corrected chi connectivity index (χ3v) is 6.56. The quantitative estimate of drug-likeness (QED) is 0.163. The molecule has 6 rings (SSSR count). The van der Waals surface area contributed by atoms with E-state index >= 15 is 0 Å². The van der Waals surface area contributed by atoms with Crippen molar-refractivity contribution in [1.82, 2.24) is 15.0 Å². The van der Waals surface area contributed by atoms with Gasteiger partial charge in [-0.3, -0.25) is 0 Å². The van der Waals surface area contributed by atoms with Crippen LogP contribution in [0.2, 0.25) is 0 Å². The second kappa shape index (κ2) is 14.9. The Kier molecular flexibility index (Phi) is 6.92. The van der Waals surface area contributed by atoms with Gasteiger partial charge in [0.15, 0.2) is 11.5 Å². The molecule has 0 unspecified atom stereocenters. The second-order valence-corrected chi connectivity index (χ2v) is 13.0. The molecule has 0 saturated heterocycles. The van der Waals surface area contributed by atoms with Crippen LogP contribution in [0.5, 0.6) is 0 Å². The summed E-state index contributed by atoms with van der Waals surface area (Å²) in [7, 11) is 0. The number of nitrogens with zero attached hydrogens (tertiary/aromatic N) is 3. The predicted molar refractivity (Wildman–Crippen MR) is 191 cm³/mol. The van der Waals surface area contributed by atoms with Crippen molar-refractivity contribution in [3.8, 4) is 33.6 Å². The van der Waals surface area contributed by atoms with Gasteiger partial charge in [-0.15, -0.1) is 65.2 Å². The molecule has 47 heavy (non-hydrogen) atoms. The zero-order valence-electron chi connectivity index (χ0n) is 40.2. The van der Waals surface area contributed by atoms with Gasteiger partial charge in [0, 0.05) is 56.7 Å². The molecule has 4 nitrogen and oxygen atoms in total.